The zero-order chi connectivity index (χ0) is 11.6. The quantitative estimate of drug-likeness (QED) is 0.669. The van der Waals surface area contributed by atoms with Crippen LogP contribution in [-0.2, 0) is 19.6 Å². The lowest BCUT2D eigenvalue weighted by Crippen LogP contribution is -2.46. The number of nitrogens with zero attached hydrogens (tertiary/aromatic N) is 1. The summed E-state index contributed by atoms with van der Waals surface area (Å²) in [5.74, 6) is -0.827. The van der Waals surface area contributed by atoms with E-state index in [0.717, 1.165) is 12.7 Å². The Labute approximate surface area is 88.7 Å². The number of carbonyl (C=O) groups is 2. The summed E-state index contributed by atoms with van der Waals surface area (Å²) in [6.07, 6.45) is 2.15. The number of rotatable bonds is 2. The van der Waals surface area contributed by atoms with Gasteiger partial charge in [0, 0.05) is 13.5 Å². The molecule has 0 aromatic rings. The topological polar surface area (TPSA) is 83.6 Å². The molecule has 0 spiro atoms. The van der Waals surface area contributed by atoms with E-state index in [4.69, 9.17) is 0 Å². The second kappa shape index (κ2) is 4.18. The molecule has 1 atom stereocenters. The molecule has 1 unspecified atom stereocenters. The number of likely N-dealkylation sites (tertiary alicyclic amines) is 1. The van der Waals surface area contributed by atoms with Crippen LogP contribution in [0.3, 0.4) is 0 Å². The minimum Gasteiger partial charge on any atom is -0.331 e. The first-order valence-electron chi connectivity index (χ1n) is 4.60. The van der Waals surface area contributed by atoms with Gasteiger partial charge in [-0.05, 0) is 12.8 Å². The van der Waals surface area contributed by atoms with Crippen molar-refractivity contribution in [2.24, 2.45) is 0 Å². The summed E-state index contributed by atoms with van der Waals surface area (Å²) >= 11 is 0. The largest absolute Gasteiger partial charge is 0.331 e. The molecule has 1 heterocycles. The number of carbonyl (C=O) groups excluding carboxylic acids is 2. The standard InChI is InChI=1S/C8H14N2O4S/c1-6(11)10-5-3-4-7(10)8(12)9-15(2,13)14/h7H,3-5H2,1-2H3,(H,9,12). The molecule has 2 amide bonds. The first kappa shape index (κ1) is 12.0. The van der Waals surface area contributed by atoms with Gasteiger partial charge in [0.1, 0.15) is 6.04 Å². The van der Waals surface area contributed by atoms with Gasteiger partial charge in [0.2, 0.25) is 15.9 Å². The zero-order valence-corrected chi connectivity index (χ0v) is 9.50. The molecule has 86 valence electrons. The van der Waals surface area contributed by atoms with Crippen molar-refractivity contribution in [1.29, 1.82) is 0 Å². The summed E-state index contributed by atoms with van der Waals surface area (Å²) in [5.41, 5.74) is 0. The van der Waals surface area contributed by atoms with Crippen LogP contribution in [0.2, 0.25) is 0 Å². The van der Waals surface area contributed by atoms with Gasteiger partial charge in [-0.3, -0.25) is 14.3 Å². The summed E-state index contributed by atoms with van der Waals surface area (Å²) in [7, 11) is -3.55. The molecule has 1 aliphatic rings. The van der Waals surface area contributed by atoms with Crippen molar-refractivity contribution in [2.75, 3.05) is 12.8 Å². The molecule has 0 aliphatic carbocycles. The van der Waals surface area contributed by atoms with E-state index in [-0.39, 0.29) is 5.91 Å². The van der Waals surface area contributed by atoms with Crippen molar-refractivity contribution in [3.63, 3.8) is 0 Å². The van der Waals surface area contributed by atoms with Gasteiger partial charge < -0.3 is 4.90 Å². The van der Waals surface area contributed by atoms with Crippen LogP contribution in [0.4, 0.5) is 0 Å². The number of hydrogen-bond acceptors (Lipinski definition) is 4. The van der Waals surface area contributed by atoms with E-state index in [9.17, 15) is 18.0 Å². The summed E-state index contributed by atoms with van der Waals surface area (Å²) in [6, 6.07) is -0.641. The summed E-state index contributed by atoms with van der Waals surface area (Å²) < 4.78 is 23.6. The molecule has 0 bridgehead atoms. The van der Waals surface area contributed by atoms with E-state index in [1.54, 1.807) is 0 Å². The number of nitrogens with one attached hydrogen (secondary N) is 1. The van der Waals surface area contributed by atoms with Crippen molar-refractivity contribution in [2.45, 2.75) is 25.8 Å². The normalized spacial score (nSPS) is 21.5. The van der Waals surface area contributed by atoms with Gasteiger partial charge in [-0.2, -0.15) is 0 Å². The molecule has 1 fully saturated rings. The van der Waals surface area contributed by atoms with Crippen molar-refractivity contribution in [1.82, 2.24) is 9.62 Å². The minimum absolute atomic E-state index is 0.207. The summed E-state index contributed by atoms with van der Waals surface area (Å²) in [4.78, 5) is 24.0. The Hall–Kier alpha value is -1.11. The molecular weight excluding hydrogens is 220 g/mol. The fraction of sp³-hybridized carbons (Fsp3) is 0.750. The summed E-state index contributed by atoms with van der Waals surface area (Å²) in [6.45, 7) is 1.88. The molecule has 1 aliphatic heterocycles. The molecule has 1 N–H and O–H groups in total. The molecule has 6 nitrogen and oxygen atoms in total. The van der Waals surface area contributed by atoms with E-state index >= 15 is 0 Å². The zero-order valence-electron chi connectivity index (χ0n) is 8.69. The molecule has 0 saturated carbocycles. The Morgan fingerprint density at radius 1 is 1.40 bits per heavy atom. The predicted molar refractivity (Wildman–Crippen MR) is 53.4 cm³/mol. The maximum Gasteiger partial charge on any atom is 0.256 e. The predicted octanol–water partition coefficient (Wildman–Crippen LogP) is -0.927. The first-order chi connectivity index (χ1) is 6.81. The van der Waals surface area contributed by atoms with Crippen molar-refractivity contribution < 1.29 is 18.0 Å². The SMILES string of the molecule is CC(=O)N1CCCC1C(=O)NS(C)(=O)=O. The maximum atomic E-state index is 11.5. The van der Waals surface area contributed by atoms with Crippen LogP contribution in [-0.4, -0.2) is 44.0 Å². The fourth-order valence-corrected chi connectivity index (χ4v) is 2.17. The van der Waals surface area contributed by atoms with Gasteiger partial charge in [-0.1, -0.05) is 0 Å². The second-order valence-electron chi connectivity index (χ2n) is 3.61. The van der Waals surface area contributed by atoms with E-state index in [2.05, 4.69) is 0 Å². The number of hydrogen-bond donors (Lipinski definition) is 1. The number of sulfonamides is 1. The smallest absolute Gasteiger partial charge is 0.256 e. The number of amides is 2. The van der Waals surface area contributed by atoms with E-state index in [0.29, 0.717) is 13.0 Å². The molecule has 0 aromatic heterocycles. The van der Waals surface area contributed by atoms with Crippen molar-refractivity contribution >= 4 is 21.8 Å². The highest BCUT2D eigenvalue weighted by Crippen LogP contribution is 2.17. The molecule has 1 saturated heterocycles. The van der Waals surface area contributed by atoms with Gasteiger partial charge in [-0.15, -0.1) is 0 Å². The average molecular weight is 234 g/mol. The minimum atomic E-state index is -3.55. The highest BCUT2D eigenvalue weighted by atomic mass is 32.2. The van der Waals surface area contributed by atoms with Gasteiger partial charge in [0.05, 0.1) is 6.26 Å². The lowest BCUT2D eigenvalue weighted by molar-refractivity contribution is -0.136. The van der Waals surface area contributed by atoms with E-state index in [1.807, 2.05) is 4.72 Å². The van der Waals surface area contributed by atoms with E-state index in [1.165, 1.54) is 11.8 Å². The third-order valence-electron chi connectivity index (χ3n) is 2.25. The molecule has 1 rings (SSSR count). The van der Waals surface area contributed by atoms with Gasteiger partial charge in [0.15, 0.2) is 0 Å². The molecule has 15 heavy (non-hydrogen) atoms. The van der Waals surface area contributed by atoms with Crippen LogP contribution < -0.4 is 4.72 Å². The van der Waals surface area contributed by atoms with Crippen LogP contribution in [0.1, 0.15) is 19.8 Å². The maximum absolute atomic E-state index is 11.5. The van der Waals surface area contributed by atoms with Crippen molar-refractivity contribution in [3.05, 3.63) is 0 Å². The van der Waals surface area contributed by atoms with Crippen LogP contribution in [0.5, 0.6) is 0 Å². The Morgan fingerprint density at radius 3 is 2.47 bits per heavy atom. The highest BCUT2D eigenvalue weighted by molar-refractivity contribution is 7.89. The van der Waals surface area contributed by atoms with Crippen LogP contribution in [0, 0.1) is 0 Å². The average Bonchev–Trinajstić information content (AvgIpc) is 2.47. The monoisotopic (exact) mass is 234 g/mol. The summed E-state index contributed by atoms with van der Waals surface area (Å²) in [5, 5.41) is 0. The second-order valence-corrected chi connectivity index (χ2v) is 5.36. The third kappa shape index (κ3) is 3.19. The van der Waals surface area contributed by atoms with Crippen LogP contribution in [0.15, 0.2) is 0 Å². The van der Waals surface area contributed by atoms with Gasteiger partial charge >= 0.3 is 0 Å². The Bertz CT molecular complexity index is 376. The lowest BCUT2D eigenvalue weighted by Gasteiger charge is -2.21. The van der Waals surface area contributed by atoms with E-state index < -0.39 is 22.0 Å². The van der Waals surface area contributed by atoms with Crippen LogP contribution in [0.25, 0.3) is 0 Å². The highest BCUT2D eigenvalue weighted by Gasteiger charge is 2.33. The Balaban J connectivity index is 2.71. The van der Waals surface area contributed by atoms with Crippen molar-refractivity contribution in [3.8, 4) is 0 Å². The Kier molecular flexibility index (Phi) is 3.33. The van der Waals surface area contributed by atoms with Gasteiger partial charge in [0.25, 0.3) is 5.91 Å². The Morgan fingerprint density at radius 2 is 2.00 bits per heavy atom. The third-order valence-corrected chi connectivity index (χ3v) is 2.82. The fourth-order valence-electron chi connectivity index (χ4n) is 1.67. The van der Waals surface area contributed by atoms with Gasteiger partial charge in [-0.25, -0.2) is 8.42 Å². The first-order valence-corrected chi connectivity index (χ1v) is 6.49. The molecular formula is C8H14N2O4S. The molecule has 0 radical (unpaired) electrons. The molecule has 7 heteroatoms. The lowest BCUT2D eigenvalue weighted by atomic mass is 10.2. The van der Waals surface area contributed by atoms with Crippen LogP contribution >= 0.6 is 0 Å². The molecule has 0 aromatic carbocycles.